The largest absolute Gasteiger partial charge is 0.481 e. The minimum Gasteiger partial charge on any atom is -0.481 e. The molecule has 0 aromatic rings. The highest BCUT2D eigenvalue weighted by Gasteiger charge is 2.37. The van der Waals surface area contributed by atoms with Crippen molar-refractivity contribution in [1.29, 1.82) is 0 Å². The predicted octanol–water partition coefficient (Wildman–Crippen LogP) is 0.806. The number of hydrogen-bond acceptors (Lipinski definition) is 2. The van der Waals surface area contributed by atoms with Crippen molar-refractivity contribution in [2.75, 3.05) is 19.6 Å². The van der Waals surface area contributed by atoms with E-state index in [1.165, 1.54) is 0 Å². The lowest BCUT2D eigenvalue weighted by molar-refractivity contribution is -0.151. The molecule has 0 spiro atoms. The van der Waals surface area contributed by atoms with Crippen LogP contribution >= 0.6 is 0 Å². The fourth-order valence-electron chi connectivity index (χ4n) is 1.78. The number of terminal acetylenes is 1. The van der Waals surface area contributed by atoms with Gasteiger partial charge in [-0.3, -0.25) is 9.69 Å². The summed E-state index contributed by atoms with van der Waals surface area (Å²) in [6, 6.07) is 0. The molecule has 0 aliphatic carbocycles. The molecule has 1 atom stereocenters. The van der Waals surface area contributed by atoms with Gasteiger partial charge >= 0.3 is 5.97 Å². The van der Waals surface area contributed by atoms with Gasteiger partial charge < -0.3 is 5.11 Å². The minimum absolute atomic E-state index is 0.558. The smallest absolute Gasteiger partial charge is 0.310 e. The molecule has 0 amide bonds. The summed E-state index contributed by atoms with van der Waals surface area (Å²) >= 11 is 0. The van der Waals surface area contributed by atoms with Gasteiger partial charge in [0.1, 0.15) is 0 Å². The van der Waals surface area contributed by atoms with E-state index in [4.69, 9.17) is 11.5 Å². The summed E-state index contributed by atoms with van der Waals surface area (Å²) in [5.41, 5.74) is -0.602. The third-order valence-corrected chi connectivity index (χ3v) is 2.61. The molecule has 1 unspecified atom stereocenters. The van der Waals surface area contributed by atoms with Crippen LogP contribution in [0.2, 0.25) is 0 Å². The second-order valence-electron chi connectivity index (χ2n) is 3.88. The molecule has 0 aromatic heterocycles. The van der Waals surface area contributed by atoms with Crippen molar-refractivity contribution in [2.45, 2.75) is 19.8 Å². The van der Waals surface area contributed by atoms with E-state index in [-0.39, 0.29) is 0 Å². The van der Waals surface area contributed by atoms with Gasteiger partial charge in [-0.15, -0.1) is 6.42 Å². The lowest BCUT2D eigenvalue weighted by atomic mass is 9.82. The van der Waals surface area contributed by atoms with E-state index in [2.05, 4.69) is 5.92 Å². The van der Waals surface area contributed by atoms with Gasteiger partial charge in [0.25, 0.3) is 0 Å². The summed E-state index contributed by atoms with van der Waals surface area (Å²) in [7, 11) is 0. The summed E-state index contributed by atoms with van der Waals surface area (Å²) in [6.07, 6.45) is 6.86. The summed E-state index contributed by atoms with van der Waals surface area (Å²) in [6.45, 7) is 3.85. The van der Waals surface area contributed by atoms with E-state index in [1.54, 1.807) is 6.92 Å². The Morgan fingerprint density at radius 2 is 2.46 bits per heavy atom. The van der Waals surface area contributed by atoms with Crippen LogP contribution in [0, 0.1) is 17.8 Å². The fourth-order valence-corrected chi connectivity index (χ4v) is 1.78. The Morgan fingerprint density at radius 3 is 3.00 bits per heavy atom. The first-order valence-corrected chi connectivity index (χ1v) is 4.48. The molecule has 3 heteroatoms. The van der Waals surface area contributed by atoms with Gasteiger partial charge in [-0.25, -0.2) is 0 Å². The first kappa shape index (κ1) is 10.1. The quantitative estimate of drug-likeness (QED) is 0.641. The Bertz CT molecular complexity index is 244. The molecule has 1 aliphatic rings. The molecule has 1 heterocycles. The molecule has 1 fully saturated rings. The normalized spacial score (nSPS) is 29.5. The van der Waals surface area contributed by atoms with Crippen LogP contribution in [-0.4, -0.2) is 35.6 Å². The number of likely N-dealkylation sites (tertiary alicyclic amines) is 1. The molecule has 1 saturated heterocycles. The summed E-state index contributed by atoms with van der Waals surface area (Å²) in [5.74, 6) is 1.83. The van der Waals surface area contributed by atoms with E-state index in [9.17, 15) is 4.79 Å². The highest BCUT2D eigenvalue weighted by Crippen LogP contribution is 2.29. The third kappa shape index (κ3) is 2.22. The number of hydrogen-bond donors (Lipinski definition) is 1. The maximum atomic E-state index is 10.9. The zero-order valence-corrected chi connectivity index (χ0v) is 7.92. The molecule has 0 saturated carbocycles. The highest BCUT2D eigenvalue weighted by atomic mass is 16.4. The molecule has 0 radical (unpaired) electrons. The maximum absolute atomic E-state index is 10.9. The average molecular weight is 181 g/mol. The van der Waals surface area contributed by atoms with E-state index in [0.717, 1.165) is 19.4 Å². The van der Waals surface area contributed by atoms with E-state index < -0.39 is 11.4 Å². The molecule has 0 aromatic carbocycles. The summed E-state index contributed by atoms with van der Waals surface area (Å²) < 4.78 is 0. The van der Waals surface area contributed by atoms with Crippen LogP contribution in [0.5, 0.6) is 0 Å². The second-order valence-corrected chi connectivity index (χ2v) is 3.88. The Labute approximate surface area is 78.7 Å². The standard InChI is InChI=1S/C10H15NO2/c1-3-6-11-7-4-5-10(2,8-11)9(12)13/h1H,4-8H2,2H3,(H,12,13). The van der Waals surface area contributed by atoms with Crippen molar-refractivity contribution in [2.24, 2.45) is 5.41 Å². The lowest BCUT2D eigenvalue weighted by Gasteiger charge is -2.36. The average Bonchev–Trinajstić information content (AvgIpc) is 2.04. The van der Waals surface area contributed by atoms with Gasteiger partial charge in [-0.05, 0) is 26.3 Å². The fraction of sp³-hybridized carbons (Fsp3) is 0.700. The van der Waals surface area contributed by atoms with Crippen LogP contribution in [0.4, 0.5) is 0 Å². The molecule has 13 heavy (non-hydrogen) atoms. The van der Waals surface area contributed by atoms with Gasteiger partial charge in [-0.2, -0.15) is 0 Å². The molecular formula is C10H15NO2. The predicted molar refractivity (Wildman–Crippen MR) is 50.2 cm³/mol. The number of nitrogens with zero attached hydrogens (tertiary/aromatic N) is 1. The van der Waals surface area contributed by atoms with E-state index >= 15 is 0 Å². The lowest BCUT2D eigenvalue weighted by Crippen LogP contribution is -2.46. The van der Waals surface area contributed by atoms with E-state index in [1.807, 2.05) is 4.90 Å². The highest BCUT2D eigenvalue weighted by molar-refractivity contribution is 5.74. The van der Waals surface area contributed by atoms with Crippen molar-refractivity contribution >= 4 is 5.97 Å². The Hall–Kier alpha value is -1.01. The molecule has 1 rings (SSSR count). The Balaban J connectivity index is 2.61. The molecule has 72 valence electrons. The third-order valence-electron chi connectivity index (χ3n) is 2.61. The van der Waals surface area contributed by atoms with Gasteiger partial charge in [0.15, 0.2) is 0 Å². The van der Waals surface area contributed by atoms with Crippen LogP contribution in [0.25, 0.3) is 0 Å². The van der Waals surface area contributed by atoms with Gasteiger partial charge in [-0.1, -0.05) is 5.92 Å². The molecule has 1 N–H and O–H groups in total. The number of carboxylic acid groups (broad SMARTS) is 1. The number of aliphatic carboxylic acids is 1. The number of rotatable bonds is 2. The Kier molecular flexibility index (Phi) is 2.94. The van der Waals surface area contributed by atoms with E-state index in [0.29, 0.717) is 13.1 Å². The maximum Gasteiger partial charge on any atom is 0.310 e. The summed E-state index contributed by atoms with van der Waals surface area (Å²) in [5, 5.41) is 9.01. The first-order valence-electron chi connectivity index (χ1n) is 4.48. The zero-order chi connectivity index (χ0) is 9.90. The Morgan fingerprint density at radius 1 is 1.77 bits per heavy atom. The van der Waals surface area contributed by atoms with Crippen LogP contribution in [0.15, 0.2) is 0 Å². The molecular weight excluding hydrogens is 166 g/mol. The van der Waals surface area contributed by atoms with Crippen molar-refractivity contribution in [3.63, 3.8) is 0 Å². The van der Waals surface area contributed by atoms with Gasteiger partial charge in [0.05, 0.1) is 12.0 Å². The second kappa shape index (κ2) is 3.80. The number of carbonyl (C=O) groups is 1. The zero-order valence-electron chi connectivity index (χ0n) is 7.92. The van der Waals surface area contributed by atoms with Gasteiger partial charge in [0.2, 0.25) is 0 Å². The first-order chi connectivity index (χ1) is 6.08. The number of piperidine rings is 1. The van der Waals surface area contributed by atoms with Crippen molar-refractivity contribution in [3.05, 3.63) is 0 Å². The monoisotopic (exact) mass is 181 g/mol. The molecule has 1 aliphatic heterocycles. The topological polar surface area (TPSA) is 40.5 Å². The van der Waals surface area contributed by atoms with Crippen LogP contribution in [-0.2, 0) is 4.79 Å². The minimum atomic E-state index is -0.714. The van der Waals surface area contributed by atoms with Crippen molar-refractivity contribution in [3.8, 4) is 12.3 Å². The van der Waals surface area contributed by atoms with Crippen molar-refractivity contribution in [1.82, 2.24) is 4.90 Å². The summed E-state index contributed by atoms with van der Waals surface area (Å²) in [4.78, 5) is 13.0. The number of carboxylic acids is 1. The molecule has 3 nitrogen and oxygen atoms in total. The van der Waals surface area contributed by atoms with Crippen LogP contribution in [0.1, 0.15) is 19.8 Å². The SMILES string of the molecule is C#CCN1CCCC(C)(C(=O)O)C1. The molecule has 0 bridgehead atoms. The van der Waals surface area contributed by atoms with Crippen LogP contribution < -0.4 is 0 Å². The van der Waals surface area contributed by atoms with Crippen molar-refractivity contribution < 1.29 is 9.90 Å². The van der Waals surface area contributed by atoms with Crippen LogP contribution in [0.3, 0.4) is 0 Å². The van der Waals surface area contributed by atoms with Gasteiger partial charge in [0, 0.05) is 6.54 Å².